The third-order valence-electron chi connectivity index (χ3n) is 4.72. The van der Waals surface area contributed by atoms with Crippen molar-refractivity contribution in [3.05, 3.63) is 81.2 Å². The first kappa shape index (κ1) is 19.3. The summed E-state index contributed by atoms with van der Waals surface area (Å²) in [5.41, 5.74) is 3.00. The van der Waals surface area contributed by atoms with Crippen molar-refractivity contribution < 1.29 is 18.0 Å². The Bertz CT molecular complexity index is 1050. The summed E-state index contributed by atoms with van der Waals surface area (Å²) in [6, 6.07) is 12.2. The SMILES string of the molecule is Cc1ccc(C2=CSC(=C3CC(=O)N(c4ccc(C(F)(F)F)cc4)C3=N)N2)cc1. The van der Waals surface area contributed by atoms with Gasteiger partial charge in [-0.3, -0.25) is 15.1 Å². The zero-order chi connectivity index (χ0) is 20.8. The van der Waals surface area contributed by atoms with Crippen LogP contribution in [0.4, 0.5) is 18.9 Å². The Balaban J connectivity index is 1.56. The molecule has 1 amide bonds. The van der Waals surface area contributed by atoms with Gasteiger partial charge in [-0.1, -0.05) is 41.6 Å². The molecule has 4 rings (SSSR count). The highest BCUT2D eigenvalue weighted by Crippen LogP contribution is 2.38. The number of nitrogens with one attached hydrogen (secondary N) is 2. The lowest BCUT2D eigenvalue weighted by atomic mass is 10.1. The van der Waals surface area contributed by atoms with Crippen molar-refractivity contribution in [2.45, 2.75) is 19.5 Å². The van der Waals surface area contributed by atoms with Gasteiger partial charge in [-0.05, 0) is 36.8 Å². The molecular weight excluding hydrogens is 399 g/mol. The van der Waals surface area contributed by atoms with Gasteiger partial charge in [-0.2, -0.15) is 13.2 Å². The number of nitrogens with zero attached hydrogens (tertiary/aromatic N) is 1. The summed E-state index contributed by atoms with van der Waals surface area (Å²) < 4.78 is 38.3. The van der Waals surface area contributed by atoms with E-state index in [1.54, 1.807) is 0 Å². The van der Waals surface area contributed by atoms with E-state index < -0.39 is 11.7 Å². The Kier molecular flexibility index (Phi) is 4.74. The van der Waals surface area contributed by atoms with Crippen LogP contribution >= 0.6 is 11.8 Å². The maximum Gasteiger partial charge on any atom is 0.416 e. The highest BCUT2D eigenvalue weighted by atomic mass is 32.2. The molecule has 2 aliphatic rings. The number of aryl methyl sites for hydroxylation is 1. The standard InChI is InChI=1S/C21H16F3N3OS/c1-12-2-4-13(5-3-12)17-11-29-20(26-17)16-10-18(28)27(19(16)25)15-8-6-14(7-9-15)21(22,23)24/h2-9,11,25-26H,10H2,1H3. The molecule has 4 nitrogen and oxygen atoms in total. The molecule has 2 N–H and O–H groups in total. The highest BCUT2D eigenvalue weighted by Gasteiger charge is 2.36. The fourth-order valence-corrected chi connectivity index (χ4v) is 4.06. The topological polar surface area (TPSA) is 56.2 Å². The second-order valence-electron chi connectivity index (χ2n) is 6.75. The molecule has 0 unspecified atom stereocenters. The molecule has 29 heavy (non-hydrogen) atoms. The van der Waals surface area contributed by atoms with E-state index in [4.69, 9.17) is 5.41 Å². The van der Waals surface area contributed by atoms with E-state index in [-0.39, 0.29) is 23.9 Å². The molecule has 8 heteroatoms. The Hall–Kier alpha value is -3.00. The predicted molar refractivity (Wildman–Crippen MR) is 108 cm³/mol. The van der Waals surface area contributed by atoms with Gasteiger partial charge in [0.1, 0.15) is 5.84 Å². The van der Waals surface area contributed by atoms with E-state index in [0.717, 1.165) is 33.9 Å². The Morgan fingerprint density at radius 1 is 1.07 bits per heavy atom. The number of thioether (sulfide) groups is 1. The van der Waals surface area contributed by atoms with E-state index in [1.807, 2.05) is 36.6 Å². The molecule has 0 bridgehead atoms. The number of alkyl halides is 3. The van der Waals surface area contributed by atoms with Gasteiger partial charge < -0.3 is 5.32 Å². The van der Waals surface area contributed by atoms with Crippen LogP contribution < -0.4 is 10.2 Å². The molecule has 0 atom stereocenters. The van der Waals surface area contributed by atoms with Crippen LogP contribution in [0.15, 0.2) is 64.5 Å². The van der Waals surface area contributed by atoms with Crippen LogP contribution in [-0.2, 0) is 11.0 Å². The number of amides is 1. The number of hydrogen-bond acceptors (Lipinski definition) is 4. The lowest BCUT2D eigenvalue weighted by molar-refractivity contribution is -0.137. The van der Waals surface area contributed by atoms with E-state index in [2.05, 4.69) is 5.32 Å². The zero-order valence-corrected chi connectivity index (χ0v) is 16.1. The van der Waals surface area contributed by atoms with Crippen molar-refractivity contribution in [1.82, 2.24) is 5.32 Å². The Labute approximate surface area is 169 Å². The van der Waals surface area contributed by atoms with Gasteiger partial charge in [0.25, 0.3) is 0 Å². The quantitative estimate of drug-likeness (QED) is 0.702. The number of carbonyl (C=O) groups excluding carboxylic acids is 1. The average Bonchev–Trinajstić information content (AvgIpc) is 3.26. The van der Waals surface area contributed by atoms with Crippen molar-refractivity contribution in [1.29, 1.82) is 5.41 Å². The summed E-state index contributed by atoms with van der Waals surface area (Å²) in [6.07, 6.45) is -4.43. The summed E-state index contributed by atoms with van der Waals surface area (Å²) in [6.45, 7) is 2.00. The Morgan fingerprint density at radius 3 is 2.34 bits per heavy atom. The van der Waals surface area contributed by atoms with E-state index in [1.165, 1.54) is 23.9 Å². The monoisotopic (exact) mass is 415 g/mol. The van der Waals surface area contributed by atoms with Gasteiger partial charge in [0.05, 0.1) is 28.4 Å². The molecular formula is C21H16F3N3OS. The number of anilines is 1. The van der Waals surface area contributed by atoms with Crippen molar-refractivity contribution in [3.8, 4) is 0 Å². The number of hydrogen-bond donors (Lipinski definition) is 2. The molecule has 0 aromatic heterocycles. The first-order valence-electron chi connectivity index (χ1n) is 8.77. The lowest BCUT2D eigenvalue weighted by Crippen LogP contribution is -2.28. The second kappa shape index (κ2) is 7.11. The van der Waals surface area contributed by atoms with E-state index >= 15 is 0 Å². The minimum atomic E-state index is -4.45. The fourth-order valence-electron chi connectivity index (χ4n) is 3.15. The molecule has 0 spiro atoms. The molecule has 1 saturated heterocycles. The molecule has 0 aliphatic carbocycles. The third-order valence-corrected chi connectivity index (χ3v) is 5.66. The summed E-state index contributed by atoms with van der Waals surface area (Å²) in [5.74, 6) is -0.369. The van der Waals surface area contributed by atoms with Crippen LogP contribution in [0.5, 0.6) is 0 Å². The first-order chi connectivity index (χ1) is 13.7. The van der Waals surface area contributed by atoms with Crippen LogP contribution in [-0.4, -0.2) is 11.7 Å². The lowest BCUT2D eigenvalue weighted by Gasteiger charge is -2.17. The number of amidine groups is 1. The number of rotatable bonds is 2. The molecule has 2 aliphatic heterocycles. The summed E-state index contributed by atoms with van der Waals surface area (Å²) >= 11 is 1.39. The van der Waals surface area contributed by atoms with E-state index in [9.17, 15) is 18.0 Å². The largest absolute Gasteiger partial charge is 0.416 e. The van der Waals surface area contributed by atoms with Crippen molar-refractivity contribution in [2.24, 2.45) is 0 Å². The summed E-state index contributed by atoms with van der Waals surface area (Å²) in [7, 11) is 0. The van der Waals surface area contributed by atoms with Gasteiger partial charge in [-0.15, -0.1) is 0 Å². The third kappa shape index (κ3) is 3.67. The van der Waals surface area contributed by atoms with Crippen molar-refractivity contribution in [3.63, 3.8) is 0 Å². The van der Waals surface area contributed by atoms with Crippen LogP contribution in [0.1, 0.15) is 23.1 Å². The van der Waals surface area contributed by atoms with Gasteiger partial charge in [0, 0.05) is 11.0 Å². The number of halogens is 3. The van der Waals surface area contributed by atoms with Crippen LogP contribution in [0.2, 0.25) is 0 Å². The molecule has 2 aromatic rings. The minimum absolute atomic E-state index is 0.0181. The molecule has 2 heterocycles. The second-order valence-corrected chi connectivity index (χ2v) is 7.63. The van der Waals surface area contributed by atoms with Gasteiger partial charge in [0.15, 0.2) is 0 Å². The smallest absolute Gasteiger partial charge is 0.349 e. The van der Waals surface area contributed by atoms with Crippen LogP contribution in [0, 0.1) is 12.3 Å². The molecule has 0 saturated carbocycles. The maximum atomic E-state index is 12.8. The highest BCUT2D eigenvalue weighted by molar-refractivity contribution is 8.06. The van der Waals surface area contributed by atoms with Gasteiger partial charge in [0.2, 0.25) is 5.91 Å². The predicted octanol–water partition coefficient (Wildman–Crippen LogP) is 5.27. The molecule has 0 radical (unpaired) electrons. The molecule has 1 fully saturated rings. The van der Waals surface area contributed by atoms with Crippen molar-refractivity contribution in [2.75, 3.05) is 4.90 Å². The summed E-state index contributed by atoms with van der Waals surface area (Å²) in [5, 5.41) is 14.3. The van der Waals surface area contributed by atoms with E-state index in [0.29, 0.717) is 10.6 Å². The van der Waals surface area contributed by atoms with Crippen LogP contribution in [0.25, 0.3) is 5.70 Å². The molecule has 148 valence electrons. The molecule has 2 aromatic carbocycles. The van der Waals surface area contributed by atoms with Crippen LogP contribution in [0.3, 0.4) is 0 Å². The minimum Gasteiger partial charge on any atom is -0.349 e. The number of carbonyl (C=O) groups is 1. The van der Waals surface area contributed by atoms with Crippen molar-refractivity contribution >= 4 is 34.9 Å². The fraction of sp³-hybridized carbons (Fsp3) is 0.143. The van der Waals surface area contributed by atoms with Gasteiger partial charge >= 0.3 is 6.18 Å². The van der Waals surface area contributed by atoms with Gasteiger partial charge in [-0.25, -0.2) is 0 Å². The average molecular weight is 415 g/mol. The maximum absolute atomic E-state index is 12.8. The first-order valence-corrected chi connectivity index (χ1v) is 9.65. The Morgan fingerprint density at radius 2 is 1.72 bits per heavy atom. The zero-order valence-electron chi connectivity index (χ0n) is 15.3. The normalized spacial score (nSPS) is 19.6. The number of benzene rings is 2. The summed E-state index contributed by atoms with van der Waals surface area (Å²) in [4.78, 5) is 13.6.